The molecular formula is C8H11F4N3. The lowest BCUT2D eigenvalue weighted by atomic mass is 10.3. The molecule has 0 aliphatic heterocycles. The molecule has 0 spiro atoms. The Hall–Kier alpha value is -1.11. The van der Waals surface area contributed by atoms with E-state index in [0.717, 1.165) is 10.9 Å². The first kappa shape index (κ1) is 12.0. The van der Waals surface area contributed by atoms with Crippen LogP contribution in [0.15, 0.2) is 12.5 Å². The number of hydrogen-bond donors (Lipinski definition) is 1. The minimum Gasteiger partial charge on any atom is -0.327 e. The van der Waals surface area contributed by atoms with Crippen molar-refractivity contribution in [2.45, 2.75) is 25.4 Å². The molecule has 15 heavy (non-hydrogen) atoms. The maximum atomic E-state index is 12.7. The molecular weight excluding hydrogens is 214 g/mol. The van der Waals surface area contributed by atoms with Crippen LogP contribution < -0.4 is 5.32 Å². The molecule has 0 unspecified atom stereocenters. The SMILES string of the molecule is CNCc1cncn1CC(F)(F)C(F)F. The number of aromatic nitrogens is 2. The Balaban J connectivity index is 2.75. The molecule has 0 bridgehead atoms. The zero-order valence-electron chi connectivity index (χ0n) is 8.05. The van der Waals surface area contributed by atoms with E-state index in [9.17, 15) is 17.6 Å². The van der Waals surface area contributed by atoms with Crippen molar-refractivity contribution < 1.29 is 17.6 Å². The molecule has 1 aromatic heterocycles. The van der Waals surface area contributed by atoms with Gasteiger partial charge in [0, 0.05) is 12.7 Å². The van der Waals surface area contributed by atoms with E-state index in [1.165, 1.54) is 6.20 Å². The molecule has 1 N–H and O–H groups in total. The normalized spacial score (nSPS) is 12.4. The fraction of sp³-hybridized carbons (Fsp3) is 0.625. The summed E-state index contributed by atoms with van der Waals surface area (Å²) < 4.78 is 50.3. The third-order valence-electron chi connectivity index (χ3n) is 1.86. The van der Waals surface area contributed by atoms with E-state index in [1.807, 2.05) is 0 Å². The maximum Gasteiger partial charge on any atom is 0.324 e. The van der Waals surface area contributed by atoms with Gasteiger partial charge >= 0.3 is 12.3 Å². The van der Waals surface area contributed by atoms with Crippen molar-refractivity contribution >= 4 is 0 Å². The van der Waals surface area contributed by atoms with Gasteiger partial charge in [0.15, 0.2) is 0 Å². The van der Waals surface area contributed by atoms with Crippen LogP contribution in [-0.4, -0.2) is 28.9 Å². The topological polar surface area (TPSA) is 29.9 Å². The zero-order chi connectivity index (χ0) is 11.5. The highest BCUT2D eigenvalue weighted by Crippen LogP contribution is 2.25. The number of imidazole rings is 1. The van der Waals surface area contributed by atoms with Crippen LogP contribution in [0.2, 0.25) is 0 Å². The molecule has 3 nitrogen and oxygen atoms in total. The lowest BCUT2D eigenvalue weighted by molar-refractivity contribution is -0.138. The summed E-state index contributed by atoms with van der Waals surface area (Å²) >= 11 is 0. The molecule has 0 aromatic carbocycles. The first-order valence-corrected chi connectivity index (χ1v) is 4.27. The molecule has 0 aliphatic carbocycles. The van der Waals surface area contributed by atoms with E-state index in [-0.39, 0.29) is 0 Å². The maximum absolute atomic E-state index is 12.7. The van der Waals surface area contributed by atoms with Crippen LogP contribution in [-0.2, 0) is 13.1 Å². The monoisotopic (exact) mass is 225 g/mol. The second-order valence-electron chi connectivity index (χ2n) is 3.10. The van der Waals surface area contributed by atoms with Crippen molar-refractivity contribution in [1.29, 1.82) is 0 Å². The smallest absolute Gasteiger partial charge is 0.324 e. The van der Waals surface area contributed by atoms with Crippen LogP contribution in [0.4, 0.5) is 17.6 Å². The van der Waals surface area contributed by atoms with E-state index in [0.29, 0.717) is 12.2 Å². The van der Waals surface area contributed by atoms with E-state index in [2.05, 4.69) is 10.3 Å². The van der Waals surface area contributed by atoms with Crippen molar-refractivity contribution in [2.24, 2.45) is 0 Å². The summed E-state index contributed by atoms with van der Waals surface area (Å²) in [5.41, 5.74) is 0.442. The number of nitrogens with one attached hydrogen (secondary N) is 1. The number of nitrogens with zero attached hydrogens (tertiary/aromatic N) is 2. The summed E-state index contributed by atoms with van der Waals surface area (Å²) in [6.45, 7) is -0.749. The van der Waals surface area contributed by atoms with Gasteiger partial charge in [-0.05, 0) is 7.05 Å². The Kier molecular flexibility index (Phi) is 3.67. The molecule has 0 saturated carbocycles. The average Bonchev–Trinajstić information content (AvgIpc) is 2.52. The van der Waals surface area contributed by atoms with Crippen molar-refractivity contribution in [3.63, 3.8) is 0 Å². The lowest BCUT2D eigenvalue weighted by Crippen LogP contribution is -2.32. The van der Waals surface area contributed by atoms with Crippen LogP contribution in [0.1, 0.15) is 5.69 Å². The first-order valence-electron chi connectivity index (χ1n) is 4.27. The Morgan fingerprint density at radius 1 is 1.53 bits per heavy atom. The van der Waals surface area contributed by atoms with E-state index < -0.39 is 18.9 Å². The minimum atomic E-state index is -4.02. The number of hydrogen-bond acceptors (Lipinski definition) is 2. The summed E-state index contributed by atoms with van der Waals surface area (Å²) in [4.78, 5) is 3.63. The molecule has 0 atom stereocenters. The Bertz CT molecular complexity index is 311. The molecule has 0 radical (unpaired) electrons. The third-order valence-corrected chi connectivity index (χ3v) is 1.86. The van der Waals surface area contributed by atoms with Crippen molar-refractivity contribution in [3.05, 3.63) is 18.2 Å². The second kappa shape index (κ2) is 4.61. The largest absolute Gasteiger partial charge is 0.327 e. The molecule has 0 fully saturated rings. The van der Waals surface area contributed by atoms with Gasteiger partial charge in [-0.1, -0.05) is 0 Å². The van der Waals surface area contributed by atoms with Gasteiger partial charge in [-0.2, -0.15) is 8.78 Å². The Morgan fingerprint density at radius 3 is 2.73 bits per heavy atom. The summed E-state index contributed by atoms with van der Waals surface area (Å²) in [5, 5.41) is 2.73. The highest BCUT2D eigenvalue weighted by molar-refractivity contribution is 4.98. The summed E-state index contributed by atoms with van der Waals surface area (Å²) in [6, 6.07) is 0. The molecule has 1 heterocycles. The number of alkyl halides is 4. The van der Waals surface area contributed by atoms with Gasteiger partial charge in [0.1, 0.15) is 0 Å². The molecule has 1 rings (SSSR count). The molecule has 0 amide bonds. The molecule has 86 valence electrons. The van der Waals surface area contributed by atoms with Crippen LogP contribution >= 0.6 is 0 Å². The van der Waals surface area contributed by atoms with E-state index in [4.69, 9.17) is 0 Å². The molecule has 7 heteroatoms. The number of rotatable bonds is 5. The predicted octanol–water partition coefficient (Wildman–Crippen LogP) is 1.50. The zero-order valence-corrected chi connectivity index (χ0v) is 8.05. The van der Waals surface area contributed by atoms with Gasteiger partial charge < -0.3 is 9.88 Å². The van der Waals surface area contributed by atoms with Gasteiger partial charge in [-0.15, -0.1) is 0 Å². The van der Waals surface area contributed by atoms with Crippen LogP contribution in [0.3, 0.4) is 0 Å². The Morgan fingerprint density at radius 2 is 2.20 bits per heavy atom. The average molecular weight is 225 g/mol. The van der Waals surface area contributed by atoms with Gasteiger partial charge in [-0.25, -0.2) is 13.8 Å². The van der Waals surface area contributed by atoms with Gasteiger partial charge in [0.2, 0.25) is 0 Å². The quantitative estimate of drug-likeness (QED) is 0.769. The number of halogens is 4. The van der Waals surface area contributed by atoms with Crippen LogP contribution in [0.25, 0.3) is 0 Å². The lowest BCUT2D eigenvalue weighted by Gasteiger charge is -2.17. The second-order valence-corrected chi connectivity index (χ2v) is 3.10. The van der Waals surface area contributed by atoms with Crippen molar-refractivity contribution in [3.8, 4) is 0 Å². The minimum absolute atomic E-state index is 0.305. The fourth-order valence-corrected chi connectivity index (χ4v) is 1.11. The van der Waals surface area contributed by atoms with Crippen LogP contribution in [0.5, 0.6) is 0 Å². The standard InChI is InChI=1S/C8H11F4N3/c1-13-2-6-3-14-5-15(6)4-8(11,12)7(9)10/h3,5,7,13H,2,4H2,1H3. The summed E-state index contributed by atoms with van der Waals surface area (Å²) in [5.74, 6) is -4.02. The predicted molar refractivity (Wildman–Crippen MR) is 45.9 cm³/mol. The van der Waals surface area contributed by atoms with Gasteiger partial charge in [-0.3, -0.25) is 0 Å². The first-order chi connectivity index (χ1) is 6.97. The van der Waals surface area contributed by atoms with Crippen molar-refractivity contribution in [1.82, 2.24) is 14.9 Å². The highest BCUT2D eigenvalue weighted by Gasteiger charge is 2.41. The summed E-state index contributed by atoms with van der Waals surface area (Å²) in [7, 11) is 1.63. The van der Waals surface area contributed by atoms with Gasteiger partial charge in [0.05, 0.1) is 18.6 Å². The van der Waals surface area contributed by atoms with Gasteiger partial charge in [0.25, 0.3) is 0 Å². The molecule has 0 aliphatic rings. The fourth-order valence-electron chi connectivity index (χ4n) is 1.11. The molecule has 0 saturated heterocycles. The van der Waals surface area contributed by atoms with Crippen molar-refractivity contribution in [2.75, 3.05) is 7.05 Å². The molecule has 1 aromatic rings. The highest BCUT2D eigenvalue weighted by atomic mass is 19.3. The van der Waals surface area contributed by atoms with E-state index in [1.54, 1.807) is 7.05 Å². The summed E-state index contributed by atoms with van der Waals surface area (Å²) in [6.07, 6.45) is -1.19. The Labute approximate surface area is 84.1 Å². The van der Waals surface area contributed by atoms with Crippen LogP contribution in [0, 0.1) is 0 Å². The van der Waals surface area contributed by atoms with E-state index >= 15 is 0 Å². The third kappa shape index (κ3) is 2.92.